The molecule has 0 aliphatic rings. The molecule has 3 heteroatoms. The van der Waals surface area contributed by atoms with Crippen molar-refractivity contribution >= 4 is 5.69 Å². The Bertz CT molecular complexity index is 445. The first-order chi connectivity index (χ1) is 9.94. The van der Waals surface area contributed by atoms with Crippen LogP contribution in [0.15, 0.2) is 12.1 Å². The zero-order valence-corrected chi connectivity index (χ0v) is 14.5. The second kappa shape index (κ2) is 8.38. The molecule has 0 saturated carbocycles. The summed E-state index contributed by atoms with van der Waals surface area (Å²) in [7, 11) is 0. The fraction of sp³-hybridized carbons (Fsp3) is 0.667. The quantitative estimate of drug-likeness (QED) is 0.749. The minimum atomic E-state index is -0.113. The van der Waals surface area contributed by atoms with Crippen LogP contribution in [0.4, 0.5) is 10.1 Å². The van der Waals surface area contributed by atoms with E-state index in [9.17, 15) is 4.39 Å². The van der Waals surface area contributed by atoms with E-state index in [0.717, 1.165) is 37.2 Å². The Morgan fingerprint density at radius 3 is 2.38 bits per heavy atom. The van der Waals surface area contributed by atoms with Crippen molar-refractivity contribution in [2.75, 3.05) is 24.5 Å². The van der Waals surface area contributed by atoms with Crippen molar-refractivity contribution in [2.45, 2.75) is 54.0 Å². The van der Waals surface area contributed by atoms with Gasteiger partial charge in [0.25, 0.3) is 0 Å². The normalized spacial score (nSPS) is 14.0. The lowest BCUT2D eigenvalue weighted by molar-refractivity contribution is 0.539. The van der Waals surface area contributed by atoms with Crippen LogP contribution in [0, 0.1) is 18.7 Å². The van der Waals surface area contributed by atoms with Gasteiger partial charge in [-0.1, -0.05) is 27.2 Å². The van der Waals surface area contributed by atoms with Crippen molar-refractivity contribution in [3.8, 4) is 0 Å². The van der Waals surface area contributed by atoms with E-state index in [1.807, 2.05) is 13.0 Å². The molecule has 0 aliphatic carbocycles. The average Bonchev–Trinajstić information content (AvgIpc) is 2.47. The van der Waals surface area contributed by atoms with Gasteiger partial charge in [0.1, 0.15) is 5.82 Å². The molecule has 1 aromatic carbocycles. The Morgan fingerprint density at radius 1 is 1.19 bits per heavy atom. The first kappa shape index (κ1) is 18.0. The highest BCUT2D eigenvalue weighted by Gasteiger charge is 2.18. The predicted molar refractivity (Wildman–Crippen MR) is 90.6 cm³/mol. The van der Waals surface area contributed by atoms with Crippen LogP contribution in [-0.2, 0) is 0 Å². The molecule has 21 heavy (non-hydrogen) atoms. The average molecular weight is 294 g/mol. The predicted octanol–water partition coefficient (Wildman–Crippen LogP) is 4.68. The zero-order chi connectivity index (χ0) is 16.0. The molecule has 0 saturated heterocycles. The lowest BCUT2D eigenvalue weighted by Crippen LogP contribution is -2.30. The molecule has 0 fully saturated rings. The number of rotatable bonds is 8. The van der Waals surface area contributed by atoms with Crippen LogP contribution in [0.2, 0.25) is 0 Å². The van der Waals surface area contributed by atoms with Crippen LogP contribution in [0.5, 0.6) is 0 Å². The highest BCUT2D eigenvalue weighted by atomic mass is 19.1. The minimum Gasteiger partial charge on any atom is -0.371 e. The van der Waals surface area contributed by atoms with Crippen molar-refractivity contribution in [3.05, 3.63) is 29.1 Å². The Kier molecular flexibility index (Phi) is 7.16. The fourth-order valence-corrected chi connectivity index (χ4v) is 2.62. The van der Waals surface area contributed by atoms with E-state index in [2.05, 4.69) is 44.8 Å². The summed E-state index contributed by atoms with van der Waals surface area (Å²) in [5, 5.41) is 3.40. The number of halogens is 1. The van der Waals surface area contributed by atoms with Gasteiger partial charge in [-0.15, -0.1) is 0 Å². The Hall–Kier alpha value is -1.09. The van der Waals surface area contributed by atoms with Crippen LogP contribution in [0.25, 0.3) is 0 Å². The second-order valence-corrected chi connectivity index (χ2v) is 5.99. The number of hydrogen-bond acceptors (Lipinski definition) is 2. The fourth-order valence-electron chi connectivity index (χ4n) is 2.62. The van der Waals surface area contributed by atoms with Crippen molar-refractivity contribution in [1.82, 2.24) is 5.32 Å². The van der Waals surface area contributed by atoms with Gasteiger partial charge in [0, 0.05) is 24.8 Å². The summed E-state index contributed by atoms with van der Waals surface area (Å²) in [6, 6.07) is 3.87. The third kappa shape index (κ3) is 4.70. The highest BCUT2D eigenvalue weighted by Crippen LogP contribution is 2.30. The third-order valence-corrected chi connectivity index (χ3v) is 4.24. The van der Waals surface area contributed by atoms with Gasteiger partial charge in [0.15, 0.2) is 0 Å². The van der Waals surface area contributed by atoms with Gasteiger partial charge >= 0.3 is 0 Å². The molecule has 0 amide bonds. The van der Waals surface area contributed by atoms with Gasteiger partial charge in [-0.25, -0.2) is 4.39 Å². The number of aryl methyl sites for hydroxylation is 1. The summed E-state index contributed by atoms with van der Waals surface area (Å²) in [6.07, 6.45) is 1.16. The molecule has 1 N–H and O–H groups in total. The summed E-state index contributed by atoms with van der Waals surface area (Å²) in [6.45, 7) is 15.5. The number of nitrogens with zero attached hydrogens (tertiary/aromatic N) is 1. The van der Waals surface area contributed by atoms with E-state index in [1.54, 1.807) is 6.07 Å². The van der Waals surface area contributed by atoms with Crippen LogP contribution >= 0.6 is 0 Å². The summed E-state index contributed by atoms with van der Waals surface area (Å²) in [4.78, 5) is 2.38. The maximum atomic E-state index is 14.0. The third-order valence-electron chi connectivity index (χ3n) is 4.24. The summed E-state index contributed by atoms with van der Waals surface area (Å²) in [5.74, 6) is 0.524. The van der Waals surface area contributed by atoms with Gasteiger partial charge in [0.2, 0.25) is 0 Å². The van der Waals surface area contributed by atoms with E-state index in [-0.39, 0.29) is 11.9 Å². The largest absolute Gasteiger partial charge is 0.371 e. The first-order valence-electron chi connectivity index (χ1n) is 8.22. The number of hydrogen-bond donors (Lipinski definition) is 1. The number of benzene rings is 1. The van der Waals surface area contributed by atoms with Crippen molar-refractivity contribution in [1.29, 1.82) is 0 Å². The van der Waals surface area contributed by atoms with Crippen molar-refractivity contribution < 1.29 is 4.39 Å². The maximum Gasteiger partial charge on any atom is 0.126 e. The molecule has 0 spiro atoms. The van der Waals surface area contributed by atoms with Gasteiger partial charge in [-0.2, -0.15) is 0 Å². The molecule has 120 valence electrons. The van der Waals surface area contributed by atoms with E-state index in [1.165, 1.54) is 5.69 Å². The second-order valence-electron chi connectivity index (χ2n) is 5.99. The van der Waals surface area contributed by atoms with E-state index in [4.69, 9.17) is 0 Å². The molecule has 0 aromatic heterocycles. The SMILES string of the molecule is CCNC(C)c1cc(F)c(C)cc1N(CC)CC(C)CC. The van der Waals surface area contributed by atoms with Crippen molar-refractivity contribution in [3.63, 3.8) is 0 Å². The standard InChI is InChI=1S/C18H31FN2/c1-7-13(4)12-21(9-3)18-10-14(5)17(19)11-16(18)15(6)20-8-2/h10-11,13,15,20H,7-9,12H2,1-6H3. The monoisotopic (exact) mass is 294 g/mol. The zero-order valence-electron chi connectivity index (χ0n) is 14.5. The van der Waals surface area contributed by atoms with Crippen LogP contribution in [0.3, 0.4) is 0 Å². The molecule has 2 atom stereocenters. The van der Waals surface area contributed by atoms with Gasteiger partial charge in [-0.05, 0) is 56.5 Å². The van der Waals surface area contributed by atoms with E-state index in [0.29, 0.717) is 5.92 Å². The van der Waals surface area contributed by atoms with Crippen LogP contribution < -0.4 is 10.2 Å². The highest BCUT2D eigenvalue weighted by molar-refractivity contribution is 5.57. The molecule has 1 rings (SSSR count). The van der Waals surface area contributed by atoms with Crippen molar-refractivity contribution in [2.24, 2.45) is 5.92 Å². The maximum absolute atomic E-state index is 14.0. The van der Waals surface area contributed by atoms with Crippen LogP contribution in [-0.4, -0.2) is 19.6 Å². The molecule has 0 radical (unpaired) electrons. The molecule has 0 heterocycles. The lowest BCUT2D eigenvalue weighted by atomic mass is 10.0. The molecular formula is C18H31FN2. The molecule has 2 nitrogen and oxygen atoms in total. The number of nitrogens with one attached hydrogen (secondary N) is 1. The molecule has 1 aromatic rings. The van der Waals surface area contributed by atoms with E-state index < -0.39 is 0 Å². The topological polar surface area (TPSA) is 15.3 Å². The van der Waals surface area contributed by atoms with E-state index >= 15 is 0 Å². The van der Waals surface area contributed by atoms with Crippen LogP contribution in [0.1, 0.15) is 58.2 Å². The first-order valence-corrected chi connectivity index (χ1v) is 8.22. The Labute approximate surface area is 129 Å². The molecule has 2 unspecified atom stereocenters. The smallest absolute Gasteiger partial charge is 0.126 e. The molecule has 0 bridgehead atoms. The van der Waals surface area contributed by atoms with Gasteiger partial charge in [-0.3, -0.25) is 0 Å². The summed E-state index contributed by atoms with van der Waals surface area (Å²) in [5.41, 5.74) is 2.95. The molecule has 0 aliphatic heterocycles. The van der Waals surface area contributed by atoms with Gasteiger partial charge in [0.05, 0.1) is 0 Å². The Balaban J connectivity index is 3.20. The van der Waals surface area contributed by atoms with Gasteiger partial charge < -0.3 is 10.2 Å². The minimum absolute atomic E-state index is 0.113. The Morgan fingerprint density at radius 2 is 1.86 bits per heavy atom. The summed E-state index contributed by atoms with van der Waals surface area (Å²) >= 11 is 0. The summed E-state index contributed by atoms with van der Waals surface area (Å²) < 4.78 is 14.0. The lowest BCUT2D eigenvalue weighted by Gasteiger charge is -2.30. The number of anilines is 1. The molecular weight excluding hydrogens is 263 g/mol.